The molecule has 20 heavy (non-hydrogen) atoms. The summed E-state index contributed by atoms with van der Waals surface area (Å²) in [5, 5.41) is 3.38. The number of halogens is 1. The highest BCUT2D eigenvalue weighted by molar-refractivity contribution is 5.77. The highest BCUT2D eigenvalue weighted by Crippen LogP contribution is 2.42. The third-order valence-electron chi connectivity index (χ3n) is 3.78. The molecule has 2 aromatic carbocycles. The number of aromatic amines is 1. The molecule has 1 aliphatic rings. The fourth-order valence-electron chi connectivity index (χ4n) is 2.65. The van der Waals surface area contributed by atoms with E-state index >= 15 is 0 Å². The van der Waals surface area contributed by atoms with Gasteiger partial charge >= 0.3 is 0 Å². The average Bonchev–Trinajstić information content (AvgIpc) is 3.10. The highest BCUT2D eigenvalue weighted by Gasteiger charge is 2.38. The molecule has 4 rings (SSSR count). The molecule has 1 fully saturated rings. The second-order valence-electron chi connectivity index (χ2n) is 5.25. The fourth-order valence-corrected chi connectivity index (χ4v) is 2.65. The maximum absolute atomic E-state index is 13.1. The molecule has 100 valence electrons. The van der Waals surface area contributed by atoms with Gasteiger partial charge in [0.1, 0.15) is 5.82 Å². The number of hydrogen-bond donors (Lipinski definition) is 2. The van der Waals surface area contributed by atoms with Gasteiger partial charge in [0, 0.05) is 12.0 Å². The lowest BCUT2D eigenvalue weighted by atomic mass is 10.1. The topological polar surface area (TPSA) is 40.7 Å². The van der Waals surface area contributed by atoms with Gasteiger partial charge in [0.05, 0.1) is 11.0 Å². The molecule has 0 saturated heterocycles. The van der Waals surface area contributed by atoms with Crippen molar-refractivity contribution in [1.29, 1.82) is 0 Å². The quantitative estimate of drug-likeness (QED) is 0.760. The van der Waals surface area contributed by atoms with Crippen molar-refractivity contribution in [3.05, 3.63) is 59.9 Å². The van der Waals surface area contributed by atoms with Gasteiger partial charge in [0.2, 0.25) is 5.95 Å². The molecule has 0 radical (unpaired) electrons. The maximum Gasteiger partial charge on any atom is 0.201 e. The van der Waals surface area contributed by atoms with Crippen LogP contribution in [0, 0.1) is 5.82 Å². The summed E-state index contributed by atoms with van der Waals surface area (Å²) >= 11 is 0. The first-order valence-electron chi connectivity index (χ1n) is 6.76. The van der Waals surface area contributed by atoms with E-state index in [-0.39, 0.29) is 5.82 Å². The van der Waals surface area contributed by atoms with Gasteiger partial charge in [-0.2, -0.15) is 0 Å². The van der Waals surface area contributed by atoms with Gasteiger partial charge in [-0.1, -0.05) is 30.3 Å². The van der Waals surface area contributed by atoms with Crippen molar-refractivity contribution in [3.63, 3.8) is 0 Å². The van der Waals surface area contributed by atoms with Gasteiger partial charge in [-0.05, 0) is 30.2 Å². The SMILES string of the molecule is Fc1ccc2nc(NC3CC3c3ccccc3)[nH]c2c1. The number of anilines is 1. The zero-order valence-electron chi connectivity index (χ0n) is 10.8. The summed E-state index contributed by atoms with van der Waals surface area (Å²) in [6, 6.07) is 15.5. The van der Waals surface area contributed by atoms with E-state index < -0.39 is 0 Å². The molecule has 2 N–H and O–H groups in total. The van der Waals surface area contributed by atoms with Gasteiger partial charge in [0.25, 0.3) is 0 Å². The number of benzene rings is 2. The predicted octanol–water partition coefficient (Wildman–Crippen LogP) is 3.67. The third-order valence-corrected chi connectivity index (χ3v) is 3.78. The van der Waals surface area contributed by atoms with Gasteiger partial charge in [-0.25, -0.2) is 9.37 Å². The number of fused-ring (bicyclic) bond motifs is 1. The Bertz CT molecular complexity index is 751. The predicted molar refractivity (Wildman–Crippen MR) is 77.3 cm³/mol. The average molecular weight is 267 g/mol. The molecule has 0 spiro atoms. The summed E-state index contributed by atoms with van der Waals surface area (Å²) in [5.41, 5.74) is 2.86. The Morgan fingerprint density at radius 2 is 2.00 bits per heavy atom. The van der Waals surface area contributed by atoms with Crippen LogP contribution in [-0.2, 0) is 0 Å². The first-order chi connectivity index (χ1) is 9.79. The number of aromatic nitrogens is 2. The van der Waals surface area contributed by atoms with Crippen molar-refractivity contribution in [2.75, 3.05) is 5.32 Å². The Morgan fingerprint density at radius 1 is 1.15 bits per heavy atom. The van der Waals surface area contributed by atoms with E-state index in [1.807, 2.05) is 6.07 Å². The molecule has 1 heterocycles. The first-order valence-corrected chi connectivity index (χ1v) is 6.76. The molecule has 2 unspecified atom stereocenters. The van der Waals surface area contributed by atoms with Crippen molar-refractivity contribution in [1.82, 2.24) is 9.97 Å². The van der Waals surface area contributed by atoms with Gasteiger partial charge in [-0.15, -0.1) is 0 Å². The molecule has 4 heteroatoms. The molecule has 1 saturated carbocycles. The normalized spacial score (nSPS) is 21.1. The molecule has 1 aromatic heterocycles. The van der Waals surface area contributed by atoms with E-state index in [0.717, 1.165) is 17.5 Å². The van der Waals surface area contributed by atoms with Crippen LogP contribution in [0.3, 0.4) is 0 Å². The molecule has 3 aromatic rings. The number of rotatable bonds is 3. The lowest BCUT2D eigenvalue weighted by Gasteiger charge is -2.01. The maximum atomic E-state index is 13.1. The molecule has 0 amide bonds. The summed E-state index contributed by atoms with van der Waals surface area (Å²) in [6.45, 7) is 0. The van der Waals surface area contributed by atoms with Crippen LogP contribution in [0.1, 0.15) is 17.9 Å². The second-order valence-corrected chi connectivity index (χ2v) is 5.25. The highest BCUT2D eigenvalue weighted by atomic mass is 19.1. The van der Waals surface area contributed by atoms with E-state index in [9.17, 15) is 4.39 Å². The minimum Gasteiger partial charge on any atom is -0.352 e. The van der Waals surface area contributed by atoms with E-state index in [0.29, 0.717) is 17.9 Å². The minimum absolute atomic E-state index is 0.249. The van der Waals surface area contributed by atoms with Crippen molar-refractivity contribution >= 4 is 17.0 Å². The number of imidazole rings is 1. The molecule has 2 atom stereocenters. The molecular weight excluding hydrogens is 253 g/mol. The lowest BCUT2D eigenvalue weighted by molar-refractivity contribution is 0.629. The van der Waals surface area contributed by atoms with Crippen LogP contribution in [-0.4, -0.2) is 16.0 Å². The van der Waals surface area contributed by atoms with Crippen molar-refractivity contribution in [2.24, 2.45) is 0 Å². The Kier molecular flexibility index (Phi) is 2.49. The van der Waals surface area contributed by atoms with E-state index in [1.165, 1.54) is 17.7 Å². The summed E-state index contributed by atoms with van der Waals surface area (Å²) < 4.78 is 13.1. The van der Waals surface area contributed by atoms with E-state index in [1.54, 1.807) is 6.07 Å². The molecular formula is C16H14FN3. The van der Waals surface area contributed by atoms with Crippen molar-refractivity contribution in [3.8, 4) is 0 Å². The van der Waals surface area contributed by atoms with Crippen LogP contribution >= 0.6 is 0 Å². The Balaban J connectivity index is 1.52. The number of nitrogens with one attached hydrogen (secondary N) is 2. The van der Waals surface area contributed by atoms with Crippen molar-refractivity contribution < 1.29 is 4.39 Å². The number of hydrogen-bond acceptors (Lipinski definition) is 2. The largest absolute Gasteiger partial charge is 0.352 e. The van der Waals surface area contributed by atoms with Crippen LogP contribution in [0.2, 0.25) is 0 Å². The molecule has 1 aliphatic carbocycles. The van der Waals surface area contributed by atoms with Crippen LogP contribution < -0.4 is 5.32 Å². The van der Waals surface area contributed by atoms with E-state index in [4.69, 9.17) is 0 Å². The monoisotopic (exact) mass is 267 g/mol. The summed E-state index contributed by atoms with van der Waals surface area (Å²) in [6.07, 6.45) is 1.11. The van der Waals surface area contributed by atoms with Crippen LogP contribution in [0.25, 0.3) is 11.0 Å². The van der Waals surface area contributed by atoms with Crippen molar-refractivity contribution in [2.45, 2.75) is 18.4 Å². The lowest BCUT2D eigenvalue weighted by Crippen LogP contribution is -2.05. The van der Waals surface area contributed by atoms with Crippen LogP contribution in [0.5, 0.6) is 0 Å². The third kappa shape index (κ3) is 2.03. The standard InChI is InChI=1S/C16H14FN3/c17-11-6-7-13-15(8-11)20-16(18-13)19-14-9-12(14)10-4-2-1-3-5-10/h1-8,12,14H,9H2,(H2,18,19,20). The second kappa shape index (κ2) is 4.34. The van der Waals surface area contributed by atoms with Crippen LogP contribution in [0.15, 0.2) is 48.5 Å². The zero-order chi connectivity index (χ0) is 13.5. The number of H-pyrrole nitrogens is 1. The fraction of sp³-hybridized carbons (Fsp3) is 0.188. The molecule has 0 aliphatic heterocycles. The van der Waals surface area contributed by atoms with Gasteiger partial charge in [-0.3, -0.25) is 0 Å². The van der Waals surface area contributed by atoms with Gasteiger partial charge in [0.15, 0.2) is 0 Å². The van der Waals surface area contributed by atoms with Crippen LogP contribution in [0.4, 0.5) is 10.3 Å². The van der Waals surface area contributed by atoms with E-state index in [2.05, 4.69) is 39.6 Å². The Labute approximate surface area is 115 Å². The zero-order valence-corrected chi connectivity index (χ0v) is 10.8. The Hall–Kier alpha value is -2.36. The summed E-state index contributed by atoms with van der Waals surface area (Å²) in [7, 11) is 0. The van der Waals surface area contributed by atoms with Gasteiger partial charge < -0.3 is 10.3 Å². The molecule has 3 nitrogen and oxygen atoms in total. The minimum atomic E-state index is -0.249. The number of nitrogens with zero attached hydrogens (tertiary/aromatic N) is 1. The Morgan fingerprint density at radius 3 is 2.85 bits per heavy atom. The summed E-state index contributed by atoms with van der Waals surface area (Å²) in [4.78, 5) is 7.55. The molecule has 0 bridgehead atoms. The first kappa shape index (κ1) is 11.5. The summed E-state index contributed by atoms with van der Waals surface area (Å²) in [5.74, 6) is 1.01. The smallest absolute Gasteiger partial charge is 0.201 e.